The molecule has 0 aromatic heterocycles. The predicted molar refractivity (Wildman–Crippen MR) is 34.3 cm³/mol. The average Bonchev–Trinajstić information content (AvgIpc) is 1.72. The van der Waals surface area contributed by atoms with E-state index in [2.05, 4.69) is 0 Å². The molecule has 0 fully saturated rings. The normalized spacial score (nSPS) is 10.3. The van der Waals surface area contributed by atoms with Crippen molar-refractivity contribution in [1.82, 2.24) is 0 Å². The van der Waals surface area contributed by atoms with Crippen molar-refractivity contribution in [2.24, 2.45) is 5.92 Å². The molecular formula is C4H7F2I. The molecule has 0 unspecified atom stereocenters. The molecule has 0 aromatic carbocycles. The van der Waals surface area contributed by atoms with Crippen molar-refractivity contribution in [1.29, 1.82) is 0 Å². The number of halogens is 3. The fraction of sp³-hybridized carbons (Fsp3) is 1.00. The molecule has 3 heteroatoms. The maximum Gasteiger partial charge on any atom is 0.0954 e. The molecule has 0 radical (unpaired) electrons. The van der Waals surface area contributed by atoms with E-state index in [-0.39, 0.29) is 5.92 Å². The van der Waals surface area contributed by atoms with Crippen molar-refractivity contribution < 1.29 is 8.78 Å². The third kappa shape index (κ3) is 3.20. The molecule has 0 nitrogen and oxygen atoms in total. The van der Waals surface area contributed by atoms with Crippen LogP contribution in [-0.2, 0) is 0 Å². The molecule has 0 spiro atoms. The zero-order valence-corrected chi connectivity index (χ0v) is 5.99. The number of rotatable bonds is 3. The fourth-order valence-corrected chi connectivity index (χ4v) is 0.595. The summed E-state index contributed by atoms with van der Waals surface area (Å²) in [6.45, 7) is -1.06. The Balaban J connectivity index is 2.99. The Kier molecular flexibility index (Phi) is 5.14. The van der Waals surface area contributed by atoms with Gasteiger partial charge in [-0.2, -0.15) is 0 Å². The highest BCUT2D eigenvalue weighted by atomic mass is 127. The van der Waals surface area contributed by atoms with Gasteiger partial charge in [-0.3, -0.25) is 8.78 Å². The first-order chi connectivity index (χ1) is 3.35. The summed E-state index contributed by atoms with van der Waals surface area (Å²) in [4.78, 5) is 0. The van der Waals surface area contributed by atoms with E-state index in [1.165, 1.54) is 0 Å². The van der Waals surface area contributed by atoms with Crippen molar-refractivity contribution in [3.63, 3.8) is 0 Å². The molecule has 7 heavy (non-hydrogen) atoms. The van der Waals surface area contributed by atoms with Gasteiger partial charge in [-0.1, -0.05) is 22.6 Å². The molecule has 0 N–H and O–H groups in total. The van der Waals surface area contributed by atoms with Crippen LogP contribution in [-0.4, -0.2) is 17.8 Å². The molecule has 0 heterocycles. The maximum absolute atomic E-state index is 11.4. The topological polar surface area (TPSA) is 0 Å². The van der Waals surface area contributed by atoms with Crippen molar-refractivity contribution >= 4 is 22.6 Å². The Hall–Kier alpha value is 0.590. The molecule has 0 saturated carbocycles. The van der Waals surface area contributed by atoms with Crippen molar-refractivity contribution in [2.75, 3.05) is 17.8 Å². The second kappa shape index (κ2) is 4.74. The lowest BCUT2D eigenvalue weighted by Crippen LogP contribution is -2.05. The third-order valence-electron chi connectivity index (χ3n) is 0.655. The van der Waals surface area contributed by atoms with Gasteiger partial charge in [0, 0.05) is 10.3 Å². The second-order valence-corrected chi connectivity index (χ2v) is 2.21. The predicted octanol–water partition coefficient (Wildman–Crippen LogP) is 1.98. The number of alkyl halides is 3. The number of hydrogen-bond acceptors (Lipinski definition) is 0. The van der Waals surface area contributed by atoms with Crippen LogP contribution in [0.3, 0.4) is 0 Å². The summed E-state index contributed by atoms with van der Waals surface area (Å²) in [7, 11) is 0. The van der Waals surface area contributed by atoms with Gasteiger partial charge in [0.15, 0.2) is 0 Å². The highest BCUT2D eigenvalue weighted by Gasteiger charge is 2.02. The standard InChI is InChI=1S/C4H7F2I/c5-1-4(2-6)3-7/h4H,1-3H2. The minimum absolute atomic E-state index is 0.361. The lowest BCUT2D eigenvalue weighted by Gasteiger charge is -1.98. The van der Waals surface area contributed by atoms with Crippen molar-refractivity contribution in [3.05, 3.63) is 0 Å². The first-order valence-electron chi connectivity index (χ1n) is 2.03. The zero-order chi connectivity index (χ0) is 5.70. The van der Waals surface area contributed by atoms with Gasteiger partial charge in [0.1, 0.15) is 0 Å². The van der Waals surface area contributed by atoms with Crippen LogP contribution in [0.15, 0.2) is 0 Å². The monoisotopic (exact) mass is 220 g/mol. The molecule has 0 aliphatic rings. The molecular weight excluding hydrogens is 213 g/mol. The van der Waals surface area contributed by atoms with Gasteiger partial charge in [0.05, 0.1) is 13.3 Å². The van der Waals surface area contributed by atoms with Crippen LogP contribution in [0, 0.1) is 5.92 Å². The van der Waals surface area contributed by atoms with Crippen LogP contribution in [0.2, 0.25) is 0 Å². The molecule has 0 amide bonds. The largest absolute Gasteiger partial charge is 0.251 e. The molecule has 0 bridgehead atoms. The van der Waals surface area contributed by atoms with Crippen LogP contribution >= 0.6 is 22.6 Å². The van der Waals surface area contributed by atoms with Gasteiger partial charge in [-0.15, -0.1) is 0 Å². The molecule has 0 aromatic rings. The van der Waals surface area contributed by atoms with Crippen LogP contribution < -0.4 is 0 Å². The van der Waals surface area contributed by atoms with Crippen LogP contribution in [0.25, 0.3) is 0 Å². The fourth-order valence-electron chi connectivity index (χ4n) is 0.124. The van der Waals surface area contributed by atoms with Gasteiger partial charge in [-0.25, -0.2) is 0 Å². The lowest BCUT2D eigenvalue weighted by molar-refractivity contribution is 0.315. The summed E-state index contributed by atoms with van der Waals surface area (Å²) in [5, 5.41) is 0. The Morgan fingerprint density at radius 3 is 1.71 bits per heavy atom. The highest BCUT2D eigenvalue weighted by Crippen LogP contribution is 2.02. The summed E-state index contributed by atoms with van der Waals surface area (Å²) in [6.07, 6.45) is 0. The Morgan fingerprint density at radius 1 is 1.29 bits per heavy atom. The van der Waals surface area contributed by atoms with Crippen molar-refractivity contribution in [2.45, 2.75) is 0 Å². The number of hydrogen-bond donors (Lipinski definition) is 0. The van der Waals surface area contributed by atoms with E-state index in [1.807, 2.05) is 22.6 Å². The van der Waals surface area contributed by atoms with Gasteiger partial charge >= 0.3 is 0 Å². The van der Waals surface area contributed by atoms with Gasteiger partial charge in [0.2, 0.25) is 0 Å². The molecule has 0 aliphatic heterocycles. The van der Waals surface area contributed by atoms with E-state index in [4.69, 9.17) is 0 Å². The second-order valence-electron chi connectivity index (χ2n) is 1.33. The van der Waals surface area contributed by atoms with E-state index < -0.39 is 13.3 Å². The minimum atomic E-state index is -0.528. The van der Waals surface area contributed by atoms with E-state index >= 15 is 0 Å². The highest BCUT2D eigenvalue weighted by molar-refractivity contribution is 14.1. The van der Waals surface area contributed by atoms with Gasteiger partial charge in [0.25, 0.3) is 0 Å². The lowest BCUT2D eigenvalue weighted by atomic mass is 10.2. The minimum Gasteiger partial charge on any atom is -0.251 e. The van der Waals surface area contributed by atoms with Crippen LogP contribution in [0.1, 0.15) is 0 Å². The summed E-state index contributed by atoms with van der Waals surface area (Å²) in [5.74, 6) is -0.361. The molecule has 0 saturated heterocycles. The zero-order valence-electron chi connectivity index (χ0n) is 3.83. The molecule has 0 rings (SSSR count). The summed E-state index contributed by atoms with van der Waals surface area (Å²) in [6, 6.07) is 0. The van der Waals surface area contributed by atoms with E-state index in [1.54, 1.807) is 0 Å². The average molecular weight is 220 g/mol. The van der Waals surface area contributed by atoms with E-state index in [9.17, 15) is 8.78 Å². The summed E-state index contributed by atoms with van der Waals surface area (Å²) < 4.78 is 23.4. The first-order valence-corrected chi connectivity index (χ1v) is 3.55. The first kappa shape index (κ1) is 7.59. The van der Waals surface area contributed by atoms with Crippen LogP contribution in [0.4, 0.5) is 8.78 Å². The van der Waals surface area contributed by atoms with Gasteiger partial charge < -0.3 is 0 Å². The maximum atomic E-state index is 11.4. The summed E-state index contributed by atoms with van der Waals surface area (Å²) >= 11 is 1.97. The Morgan fingerprint density at radius 2 is 1.71 bits per heavy atom. The van der Waals surface area contributed by atoms with Crippen LogP contribution in [0.5, 0.6) is 0 Å². The Bertz CT molecular complexity index is 31.2. The molecule has 0 atom stereocenters. The smallest absolute Gasteiger partial charge is 0.0954 e. The third-order valence-corrected chi connectivity index (χ3v) is 1.90. The Labute approximate surface area is 55.4 Å². The van der Waals surface area contributed by atoms with Crippen molar-refractivity contribution in [3.8, 4) is 0 Å². The quantitative estimate of drug-likeness (QED) is 0.503. The SMILES string of the molecule is FCC(CF)CI. The van der Waals surface area contributed by atoms with Gasteiger partial charge in [-0.05, 0) is 0 Å². The molecule has 44 valence electrons. The molecule has 0 aliphatic carbocycles. The summed E-state index contributed by atoms with van der Waals surface area (Å²) in [5.41, 5.74) is 0. The van der Waals surface area contributed by atoms with E-state index in [0.717, 1.165) is 0 Å². The van der Waals surface area contributed by atoms with E-state index in [0.29, 0.717) is 4.43 Å².